The molecule has 6 nitrogen and oxygen atoms in total. The summed E-state index contributed by atoms with van der Waals surface area (Å²) in [5.74, 6) is -0.122. The largest absolute Gasteiger partial charge is 0.484 e. The first-order valence-electron chi connectivity index (χ1n) is 9.43. The maximum atomic E-state index is 11.9. The first-order chi connectivity index (χ1) is 12.7. The van der Waals surface area contributed by atoms with Crippen molar-refractivity contribution in [1.29, 1.82) is 0 Å². The Morgan fingerprint density at radius 3 is 2.35 bits per heavy atom. The molecule has 1 aromatic rings. The van der Waals surface area contributed by atoms with Gasteiger partial charge in [-0.15, -0.1) is 0 Å². The highest BCUT2D eigenvalue weighted by Crippen LogP contribution is 2.15. The first-order valence-corrected chi connectivity index (χ1v) is 9.43. The minimum atomic E-state index is -0.355. The fourth-order valence-electron chi connectivity index (χ4n) is 2.71. The third kappa shape index (κ3) is 7.25. The Kier molecular flexibility index (Phi) is 8.66. The zero-order valence-corrected chi connectivity index (χ0v) is 15.5. The summed E-state index contributed by atoms with van der Waals surface area (Å²) < 4.78 is 10.5. The summed E-state index contributed by atoms with van der Waals surface area (Å²) >= 11 is 0. The number of amides is 1. The number of rotatable bonds is 7. The molecular formula is C20H28N2O4. The average Bonchev–Trinajstić information content (AvgIpc) is 2.64. The van der Waals surface area contributed by atoms with Crippen molar-refractivity contribution in [3.63, 3.8) is 0 Å². The molecule has 0 unspecified atom stereocenters. The van der Waals surface area contributed by atoms with Crippen molar-refractivity contribution in [3.05, 3.63) is 29.8 Å². The van der Waals surface area contributed by atoms with Crippen molar-refractivity contribution in [3.8, 4) is 5.75 Å². The molecule has 0 spiro atoms. The molecule has 1 aromatic carbocycles. The monoisotopic (exact) mass is 360 g/mol. The third-order valence-corrected chi connectivity index (χ3v) is 4.17. The Labute approximate surface area is 155 Å². The number of benzene rings is 1. The van der Waals surface area contributed by atoms with Gasteiger partial charge in [0.25, 0.3) is 5.91 Å². The highest BCUT2D eigenvalue weighted by Gasteiger charge is 2.09. The van der Waals surface area contributed by atoms with Crippen LogP contribution in [-0.2, 0) is 9.53 Å². The quantitative estimate of drug-likeness (QED) is 0.592. The Morgan fingerprint density at radius 1 is 1.04 bits per heavy atom. The van der Waals surface area contributed by atoms with Crippen LogP contribution in [-0.4, -0.2) is 30.8 Å². The van der Waals surface area contributed by atoms with Crippen LogP contribution in [0.2, 0.25) is 0 Å². The molecule has 0 aromatic heterocycles. The van der Waals surface area contributed by atoms with Crippen LogP contribution in [0, 0.1) is 0 Å². The number of nitrogens with zero attached hydrogens (tertiary/aromatic N) is 1. The van der Waals surface area contributed by atoms with Crippen LogP contribution in [0.4, 0.5) is 0 Å². The predicted octanol–water partition coefficient (Wildman–Crippen LogP) is 3.85. The summed E-state index contributed by atoms with van der Waals surface area (Å²) in [5.41, 5.74) is 4.10. The SMILES string of the molecule is CCCOC(=O)c1ccc(OCC(=O)NN=C2CCCCCCC2)cc1. The molecule has 1 fully saturated rings. The number of nitrogens with one attached hydrogen (secondary N) is 1. The van der Waals surface area contributed by atoms with Crippen molar-refractivity contribution in [2.45, 2.75) is 58.3 Å². The van der Waals surface area contributed by atoms with Crippen LogP contribution in [0.5, 0.6) is 5.75 Å². The Bertz CT molecular complexity index is 601. The highest BCUT2D eigenvalue weighted by molar-refractivity contribution is 5.89. The summed E-state index contributed by atoms with van der Waals surface area (Å²) in [6, 6.07) is 6.55. The second kappa shape index (κ2) is 11.3. The van der Waals surface area contributed by atoms with Crippen molar-refractivity contribution in [2.75, 3.05) is 13.2 Å². The lowest BCUT2D eigenvalue weighted by Crippen LogP contribution is -2.26. The summed E-state index contributed by atoms with van der Waals surface area (Å²) in [6.45, 7) is 2.23. The van der Waals surface area contributed by atoms with E-state index in [2.05, 4.69) is 10.5 Å². The molecule has 1 amide bonds. The summed E-state index contributed by atoms with van der Waals surface area (Å²) in [4.78, 5) is 23.6. The van der Waals surface area contributed by atoms with E-state index in [1.54, 1.807) is 24.3 Å². The lowest BCUT2D eigenvalue weighted by Gasteiger charge is -2.11. The lowest BCUT2D eigenvalue weighted by molar-refractivity contribution is -0.123. The normalized spacial score (nSPS) is 14.7. The van der Waals surface area contributed by atoms with Crippen LogP contribution in [0.3, 0.4) is 0 Å². The van der Waals surface area contributed by atoms with E-state index in [4.69, 9.17) is 9.47 Å². The van der Waals surface area contributed by atoms with Gasteiger partial charge in [-0.3, -0.25) is 4.79 Å². The molecule has 1 aliphatic carbocycles. The molecule has 26 heavy (non-hydrogen) atoms. The Morgan fingerprint density at radius 2 is 1.69 bits per heavy atom. The van der Waals surface area contributed by atoms with E-state index in [-0.39, 0.29) is 18.5 Å². The summed E-state index contributed by atoms with van der Waals surface area (Å²) in [5, 5.41) is 4.24. The molecule has 6 heteroatoms. The zero-order valence-electron chi connectivity index (χ0n) is 15.5. The average molecular weight is 360 g/mol. The molecule has 1 N–H and O–H groups in total. The van der Waals surface area contributed by atoms with Gasteiger partial charge in [0.2, 0.25) is 0 Å². The molecule has 2 rings (SSSR count). The Hall–Kier alpha value is -2.37. The minimum Gasteiger partial charge on any atom is -0.484 e. The van der Waals surface area contributed by atoms with Gasteiger partial charge in [-0.1, -0.05) is 26.2 Å². The second-order valence-electron chi connectivity index (χ2n) is 6.43. The number of esters is 1. The fraction of sp³-hybridized carbons (Fsp3) is 0.550. The smallest absolute Gasteiger partial charge is 0.338 e. The van der Waals surface area contributed by atoms with E-state index in [9.17, 15) is 9.59 Å². The van der Waals surface area contributed by atoms with Crippen molar-refractivity contribution in [1.82, 2.24) is 5.43 Å². The predicted molar refractivity (Wildman–Crippen MR) is 100 cm³/mol. The van der Waals surface area contributed by atoms with Gasteiger partial charge in [0.1, 0.15) is 5.75 Å². The van der Waals surface area contributed by atoms with Crippen LogP contribution in [0.1, 0.15) is 68.6 Å². The molecular weight excluding hydrogens is 332 g/mol. The minimum absolute atomic E-state index is 0.115. The molecule has 0 saturated heterocycles. The zero-order chi connectivity index (χ0) is 18.6. The van der Waals surface area contributed by atoms with Gasteiger partial charge < -0.3 is 9.47 Å². The van der Waals surface area contributed by atoms with Gasteiger partial charge in [-0.05, 0) is 56.4 Å². The standard InChI is InChI=1S/C20H28N2O4/c1-2-14-25-20(24)16-10-12-18(13-11-16)26-15-19(23)22-21-17-8-6-4-3-5-7-9-17/h10-13H,2-9,14-15H2,1H3,(H,22,23). The van der Waals surface area contributed by atoms with Gasteiger partial charge in [-0.2, -0.15) is 5.10 Å². The molecule has 0 radical (unpaired) electrons. The first kappa shape index (κ1) is 19.9. The van der Waals surface area contributed by atoms with E-state index in [0.29, 0.717) is 17.9 Å². The number of hydrogen-bond acceptors (Lipinski definition) is 5. The maximum absolute atomic E-state index is 11.9. The van der Waals surface area contributed by atoms with E-state index in [1.165, 1.54) is 19.3 Å². The van der Waals surface area contributed by atoms with Crippen LogP contribution >= 0.6 is 0 Å². The molecule has 142 valence electrons. The molecule has 1 saturated carbocycles. The lowest BCUT2D eigenvalue weighted by atomic mass is 9.99. The van der Waals surface area contributed by atoms with E-state index >= 15 is 0 Å². The van der Waals surface area contributed by atoms with Crippen LogP contribution in [0.15, 0.2) is 29.4 Å². The Balaban J connectivity index is 1.75. The number of carbonyl (C=O) groups is 2. The van der Waals surface area contributed by atoms with Crippen molar-refractivity contribution >= 4 is 17.6 Å². The van der Waals surface area contributed by atoms with E-state index < -0.39 is 0 Å². The summed E-state index contributed by atoms with van der Waals surface area (Å²) in [6.07, 6.45) is 8.73. The topological polar surface area (TPSA) is 77.0 Å². The van der Waals surface area contributed by atoms with Gasteiger partial charge in [0, 0.05) is 5.71 Å². The van der Waals surface area contributed by atoms with E-state index in [0.717, 1.165) is 37.8 Å². The van der Waals surface area contributed by atoms with Gasteiger partial charge in [0.15, 0.2) is 6.61 Å². The highest BCUT2D eigenvalue weighted by atomic mass is 16.5. The molecule has 1 aliphatic rings. The van der Waals surface area contributed by atoms with Gasteiger partial charge >= 0.3 is 5.97 Å². The fourth-order valence-corrected chi connectivity index (χ4v) is 2.71. The van der Waals surface area contributed by atoms with Crippen molar-refractivity contribution in [2.24, 2.45) is 5.10 Å². The maximum Gasteiger partial charge on any atom is 0.338 e. The number of hydrazone groups is 1. The molecule has 0 atom stereocenters. The summed E-state index contributed by atoms with van der Waals surface area (Å²) in [7, 11) is 0. The van der Waals surface area contributed by atoms with Crippen LogP contribution in [0.25, 0.3) is 0 Å². The van der Waals surface area contributed by atoms with Crippen molar-refractivity contribution < 1.29 is 19.1 Å². The second-order valence-corrected chi connectivity index (χ2v) is 6.43. The number of ether oxygens (including phenoxy) is 2. The van der Waals surface area contributed by atoms with E-state index in [1.807, 2.05) is 6.92 Å². The number of hydrogen-bond donors (Lipinski definition) is 1. The molecule has 0 bridgehead atoms. The molecule has 0 heterocycles. The van der Waals surface area contributed by atoms with Crippen LogP contribution < -0.4 is 10.2 Å². The van der Waals surface area contributed by atoms with Gasteiger partial charge in [-0.25, -0.2) is 10.2 Å². The third-order valence-electron chi connectivity index (χ3n) is 4.17. The number of carbonyl (C=O) groups excluding carboxylic acids is 2. The molecule has 0 aliphatic heterocycles. The van der Waals surface area contributed by atoms with Gasteiger partial charge in [0.05, 0.1) is 12.2 Å².